The predicted octanol–water partition coefficient (Wildman–Crippen LogP) is 0.421. The Kier molecular flexibility index (Phi) is 2.83. The van der Waals surface area contributed by atoms with E-state index in [-0.39, 0.29) is 5.56 Å². The van der Waals surface area contributed by atoms with Crippen LogP contribution in [-0.2, 0) is 0 Å². The lowest BCUT2D eigenvalue weighted by molar-refractivity contribution is 0.494. The van der Waals surface area contributed by atoms with E-state index in [1.54, 1.807) is 5.01 Å². The van der Waals surface area contributed by atoms with E-state index in [4.69, 9.17) is 0 Å². The summed E-state index contributed by atoms with van der Waals surface area (Å²) in [7, 11) is 3.65. The van der Waals surface area contributed by atoms with Gasteiger partial charge < -0.3 is 5.43 Å². The molecule has 0 amide bonds. The van der Waals surface area contributed by atoms with Crippen LogP contribution in [0.1, 0.15) is 0 Å². The molecule has 0 fully saturated rings. The van der Waals surface area contributed by atoms with Gasteiger partial charge in [0.05, 0.1) is 11.9 Å². The van der Waals surface area contributed by atoms with Gasteiger partial charge in [-0.2, -0.15) is 5.10 Å². The second-order valence-electron chi connectivity index (χ2n) is 2.43. The number of hydrogen-bond donors (Lipinski definition) is 2. The van der Waals surface area contributed by atoms with Gasteiger partial charge in [-0.1, -0.05) is 0 Å². The standard InChI is InChI=1S/C6H9BrN4O/c1-11(2)10-4-3-8-9-6(12)5(4)7/h3H,1-2H3,(H2,9,10,12). The van der Waals surface area contributed by atoms with Gasteiger partial charge in [-0.15, -0.1) is 0 Å². The molecule has 0 spiro atoms. The number of nitrogens with zero attached hydrogens (tertiary/aromatic N) is 2. The van der Waals surface area contributed by atoms with Crippen molar-refractivity contribution in [2.45, 2.75) is 0 Å². The third-order valence-corrected chi connectivity index (χ3v) is 1.93. The van der Waals surface area contributed by atoms with E-state index in [2.05, 4.69) is 31.6 Å². The summed E-state index contributed by atoms with van der Waals surface area (Å²) in [4.78, 5) is 11.0. The lowest BCUT2D eigenvalue weighted by Crippen LogP contribution is -2.22. The molecule has 66 valence electrons. The topological polar surface area (TPSA) is 61.0 Å². The molecule has 1 rings (SSSR count). The zero-order valence-corrected chi connectivity index (χ0v) is 8.34. The number of hydrogen-bond acceptors (Lipinski definition) is 4. The van der Waals surface area contributed by atoms with Crippen molar-refractivity contribution in [1.29, 1.82) is 0 Å². The van der Waals surface area contributed by atoms with Gasteiger partial charge in [0.2, 0.25) is 0 Å². The normalized spacial score (nSPS) is 10.3. The molecule has 2 N–H and O–H groups in total. The molecule has 0 aromatic carbocycles. The van der Waals surface area contributed by atoms with E-state index >= 15 is 0 Å². The maximum Gasteiger partial charge on any atom is 0.280 e. The van der Waals surface area contributed by atoms with E-state index in [0.29, 0.717) is 10.2 Å². The Morgan fingerprint density at radius 2 is 2.33 bits per heavy atom. The van der Waals surface area contributed by atoms with Gasteiger partial charge >= 0.3 is 0 Å². The van der Waals surface area contributed by atoms with Gasteiger partial charge in [-0.25, -0.2) is 10.1 Å². The first kappa shape index (κ1) is 9.21. The van der Waals surface area contributed by atoms with E-state index in [0.717, 1.165) is 0 Å². The van der Waals surface area contributed by atoms with Crippen LogP contribution in [0.15, 0.2) is 15.5 Å². The fourth-order valence-corrected chi connectivity index (χ4v) is 0.982. The number of aromatic nitrogens is 2. The van der Waals surface area contributed by atoms with Crippen molar-refractivity contribution in [3.05, 3.63) is 21.0 Å². The molecule has 1 aromatic rings. The predicted molar refractivity (Wildman–Crippen MR) is 49.9 cm³/mol. The minimum Gasteiger partial charge on any atom is -0.317 e. The molecular formula is C6H9BrN4O. The molecule has 0 radical (unpaired) electrons. The van der Waals surface area contributed by atoms with Crippen molar-refractivity contribution in [2.75, 3.05) is 19.5 Å². The van der Waals surface area contributed by atoms with Crippen molar-refractivity contribution >= 4 is 21.6 Å². The Bertz CT molecular complexity index is 322. The molecule has 0 saturated heterocycles. The van der Waals surface area contributed by atoms with Crippen molar-refractivity contribution in [1.82, 2.24) is 15.2 Å². The Hall–Kier alpha value is -0.880. The lowest BCUT2D eigenvalue weighted by Gasteiger charge is -2.13. The molecule has 6 heteroatoms. The van der Waals surface area contributed by atoms with Crippen LogP contribution in [0.2, 0.25) is 0 Å². The van der Waals surface area contributed by atoms with E-state index in [1.807, 2.05) is 14.1 Å². The fraction of sp³-hybridized carbons (Fsp3) is 0.333. The summed E-state index contributed by atoms with van der Waals surface area (Å²) in [5, 5.41) is 7.67. The van der Waals surface area contributed by atoms with Crippen molar-refractivity contribution in [3.8, 4) is 0 Å². The van der Waals surface area contributed by atoms with Crippen LogP contribution in [0.3, 0.4) is 0 Å². The van der Waals surface area contributed by atoms with E-state index in [1.165, 1.54) is 6.20 Å². The number of rotatable bonds is 2. The molecule has 5 nitrogen and oxygen atoms in total. The van der Waals surface area contributed by atoms with Crippen molar-refractivity contribution in [2.24, 2.45) is 0 Å². The van der Waals surface area contributed by atoms with Gasteiger partial charge in [-0.05, 0) is 15.9 Å². The first-order valence-electron chi connectivity index (χ1n) is 3.28. The zero-order chi connectivity index (χ0) is 9.14. The zero-order valence-electron chi connectivity index (χ0n) is 6.76. The molecule has 0 saturated carbocycles. The molecule has 1 aromatic heterocycles. The maximum absolute atomic E-state index is 11.0. The lowest BCUT2D eigenvalue weighted by atomic mass is 10.5. The van der Waals surface area contributed by atoms with E-state index in [9.17, 15) is 4.79 Å². The van der Waals surface area contributed by atoms with Crippen LogP contribution in [0.25, 0.3) is 0 Å². The Balaban J connectivity index is 3.00. The van der Waals surface area contributed by atoms with Crippen LogP contribution < -0.4 is 11.0 Å². The molecule has 1 heterocycles. The molecule has 0 aliphatic carbocycles. The highest BCUT2D eigenvalue weighted by Crippen LogP contribution is 2.14. The minimum absolute atomic E-state index is 0.248. The molecule has 0 unspecified atom stereocenters. The second kappa shape index (κ2) is 3.68. The third-order valence-electron chi connectivity index (χ3n) is 1.14. The maximum atomic E-state index is 11.0. The minimum atomic E-state index is -0.248. The molecule has 0 bridgehead atoms. The average molecular weight is 233 g/mol. The first-order chi connectivity index (χ1) is 5.61. The average Bonchev–Trinajstić information content (AvgIpc) is 1.98. The summed E-state index contributed by atoms with van der Waals surface area (Å²) in [5.41, 5.74) is 3.31. The molecule has 0 atom stereocenters. The Morgan fingerprint density at radius 3 is 2.92 bits per heavy atom. The van der Waals surface area contributed by atoms with Gasteiger partial charge in [0, 0.05) is 14.1 Å². The van der Waals surface area contributed by atoms with Gasteiger partial charge in [0.1, 0.15) is 4.47 Å². The summed E-state index contributed by atoms with van der Waals surface area (Å²) >= 11 is 3.14. The van der Waals surface area contributed by atoms with Crippen molar-refractivity contribution < 1.29 is 0 Å². The van der Waals surface area contributed by atoms with Gasteiger partial charge in [0.25, 0.3) is 5.56 Å². The van der Waals surface area contributed by atoms with E-state index < -0.39 is 0 Å². The number of anilines is 1. The molecule has 12 heavy (non-hydrogen) atoms. The molecular weight excluding hydrogens is 224 g/mol. The third kappa shape index (κ3) is 2.05. The van der Waals surface area contributed by atoms with Gasteiger partial charge in [-0.3, -0.25) is 4.79 Å². The monoisotopic (exact) mass is 232 g/mol. The Morgan fingerprint density at radius 1 is 1.67 bits per heavy atom. The number of H-pyrrole nitrogens is 1. The van der Waals surface area contributed by atoms with Crippen LogP contribution in [0.4, 0.5) is 5.69 Å². The highest BCUT2D eigenvalue weighted by Gasteiger charge is 2.03. The number of aromatic amines is 1. The smallest absolute Gasteiger partial charge is 0.280 e. The summed E-state index contributed by atoms with van der Waals surface area (Å²) < 4.78 is 0.450. The number of nitrogens with one attached hydrogen (secondary N) is 2. The van der Waals surface area contributed by atoms with Crippen LogP contribution in [0, 0.1) is 0 Å². The number of halogens is 1. The largest absolute Gasteiger partial charge is 0.317 e. The number of hydrazine groups is 1. The first-order valence-corrected chi connectivity index (χ1v) is 4.07. The summed E-state index contributed by atoms with van der Waals surface area (Å²) in [5.74, 6) is 0. The molecule has 0 aliphatic rings. The highest BCUT2D eigenvalue weighted by atomic mass is 79.9. The van der Waals surface area contributed by atoms with Crippen molar-refractivity contribution in [3.63, 3.8) is 0 Å². The highest BCUT2D eigenvalue weighted by molar-refractivity contribution is 9.10. The summed E-state index contributed by atoms with van der Waals surface area (Å²) in [6.45, 7) is 0. The van der Waals surface area contributed by atoms with Gasteiger partial charge in [0.15, 0.2) is 0 Å². The Labute approximate surface area is 77.9 Å². The van der Waals surface area contributed by atoms with Crippen LogP contribution in [-0.4, -0.2) is 29.3 Å². The summed E-state index contributed by atoms with van der Waals surface area (Å²) in [6, 6.07) is 0. The quantitative estimate of drug-likeness (QED) is 0.727. The molecule has 0 aliphatic heterocycles. The second-order valence-corrected chi connectivity index (χ2v) is 3.23. The fourth-order valence-electron chi connectivity index (χ4n) is 0.702. The summed E-state index contributed by atoms with van der Waals surface area (Å²) in [6.07, 6.45) is 1.53. The van der Waals surface area contributed by atoms with Crippen LogP contribution in [0.5, 0.6) is 0 Å². The van der Waals surface area contributed by atoms with Crippen LogP contribution >= 0.6 is 15.9 Å². The SMILES string of the molecule is CN(C)Nc1cn[nH]c(=O)c1Br.